The summed E-state index contributed by atoms with van der Waals surface area (Å²) in [5.41, 5.74) is 1.94. The van der Waals surface area contributed by atoms with Crippen molar-refractivity contribution in [1.82, 2.24) is 5.32 Å². The molecule has 0 aliphatic carbocycles. The minimum atomic E-state index is -0.224. The van der Waals surface area contributed by atoms with Gasteiger partial charge in [-0.15, -0.1) is 0 Å². The highest BCUT2D eigenvalue weighted by Gasteiger charge is 2.18. The predicted octanol–water partition coefficient (Wildman–Crippen LogP) is 4.75. The van der Waals surface area contributed by atoms with E-state index in [1.54, 1.807) is 6.92 Å². The van der Waals surface area contributed by atoms with Gasteiger partial charge in [-0.25, -0.2) is 4.39 Å². The molecule has 19 heavy (non-hydrogen) atoms. The summed E-state index contributed by atoms with van der Waals surface area (Å²) in [7, 11) is 0. The Hall–Kier alpha value is -0.600. The van der Waals surface area contributed by atoms with Crippen molar-refractivity contribution in [3.8, 4) is 0 Å². The maximum atomic E-state index is 13.3. The number of halogens is 2. The molecule has 0 radical (unpaired) electrons. The van der Waals surface area contributed by atoms with Crippen molar-refractivity contribution in [3.63, 3.8) is 0 Å². The third-order valence-corrected chi connectivity index (χ3v) is 3.78. The highest BCUT2D eigenvalue weighted by atomic mass is 35.5. The van der Waals surface area contributed by atoms with Gasteiger partial charge in [0.15, 0.2) is 0 Å². The highest BCUT2D eigenvalue weighted by molar-refractivity contribution is 6.31. The zero-order valence-corrected chi connectivity index (χ0v) is 13.2. The average molecular weight is 286 g/mol. The molecule has 0 saturated carbocycles. The first-order chi connectivity index (χ1) is 8.85. The predicted molar refractivity (Wildman–Crippen MR) is 81.4 cm³/mol. The zero-order valence-electron chi connectivity index (χ0n) is 12.4. The number of nitrogens with one attached hydrogen (secondary N) is 1. The Morgan fingerprint density at radius 2 is 2.00 bits per heavy atom. The standard InChI is InChI=1S/C16H25ClFN/c1-5-8-19-11-16(3,4)7-6-13-9-12(2)15(18)10-14(13)17/h9-10,19H,5-8,11H2,1-4H3. The van der Waals surface area contributed by atoms with E-state index in [-0.39, 0.29) is 11.2 Å². The fourth-order valence-corrected chi connectivity index (χ4v) is 2.32. The summed E-state index contributed by atoms with van der Waals surface area (Å²) in [5, 5.41) is 4.00. The zero-order chi connectivity index (χ0) is 14.5. The van der Waals surface area contributed by atoms with Crippen LogP contribution in [0, 0.1) is 18.2 Å². The van der Waals surface area contributed by atoms with Gasteiger partial charge in [-0.2, -0.15) is 0 Å². The van der Waals surface area contributed by atoms with Crippen LogP contribution in [0.5, 0.6) is 0 Å². The summed E-state index contributed by atoms with van der Waals surface area (Å²) in [6.07, 6.45) is 3.08. The van der Waals surface area contributed by atoms with Crippen molar-refractivity contribution < 1.29 is 4.39 Å². The molecule has 1 aromatic rings. The lowest BCUT2D eigenvalue weighted by molar-refractivity contribution is 0.315. The molecule has 0 unspecified atom stereocenters. The van der Waals surface area contributed by atoms with E-state index in [2.05, 4.69) is 26.1 Å². The van der Waals surface area contributed by atoms with E-state index in [9.17, 15) is 4.39 Å². The van der Waals surface area contributed by atoms with Crippen LogP contribution in [-0.2, 0) is 6.42 Å². The number of hydrogen-bond acceptors (Lipinski definition) is 1. The van der Waals surface area contributed by atoms with Crippen LogP contribution < -0.4 is 5.32 Å². The molecule has 0 aromatic heterocycles. The maximum Gasteiger partial charge on any atom is 0.127 e. The molecule has 108 valence electrons. The third kappa shape index (κ3) is 5.50. The van der Waals surface area contributed by atoms with Crippen LogP contribution in [-0.4, -0.2) is 13.1 Å². The van der Waals surface area contributed by atoms with Gasteiger partial charge in [0.25, 0.3) is 0 Å². The molecule has 0 heterocycles. The summed E-state index contributed by atoms with van der Waals surface area (Å²) in [5.74, 6) is -0.224. The van der Waals surface area contributed by atoms with Gasteiger partial charge in [0.05, 0.1) is 0 Å². The maximum absolute atomic E-state index is 13.3. The lowest BCUT2D eigenvalue weighted by Crippen LogP contribution is -2.30. The second-order valence-corrected chi connectivity index (χ2v) is 6.44. The van der Waals surface area contributed by atoms with E-state index in [0.29, 0.717) is 10.6 Å². The molecule has 0 fully saturated rings. The first-order valence-corrected chi connectivity index (χ1v) is 7.39. The summed E-state index contributed by atoms with van der Waals surface area (Å²) in [6, 6.07) is 3.29. The molecule has 0 saturated heterocycles. The molecular formula is C16H25ClFN. The molecule has 0 amide bonds. The van der Waals surface area contributed by atoms with Gasteiger partial charge >= 0.3 is 0 Å². The Morgan fingerprint density at radius 3 is 2.63 bits per heavy atom. The highest BCUT2D eigenvalue weighted by Crippen LogP contribution is 2.27. The molecule has 1 N–H and O–H groups in total. The Bertz CT molecular complexity index is 415. The Kier molecular flexibility index (Phi) is 6.28. The molecule has 0 atom stereocenters. The lowest BCUT2D eigenvalue weighted by Gasteiger charge is -2.25. The van der Waals surface area contributed by atoms with Crippen LogP contribution in [0.4, 0.5) is 4.39 Å². The summed E-state index contributed by atoms with van der Waals surface area (Å²) < 4.78 is 13.3. The number of hydrogen-bond donors (Lipinski definition) is 1. The average Bonchev–Trinajstić information content (AvgIpc) is 2.32. The van der Waals surface area contributed by atoms with Gasteiger partial charge in [-0.3, -0.25) is 0 Å². The molecule has 1 nitrogen and oxygen atoms in total. The third-order valence-electron chi connectivity index (χ3n) is 3.43. The normalized spacial score (nSPS) is 11.9. The van der Waals surface area contributed by atoms with Crippen molar-refractivity contribution in [2.45, 2.75) is 47.0 Å². The van der Waals surface area contributed by atoms with Crippen LogP contribution in [0.25, 0.3) is 0 Å². The van der Waals surface area contributed by atoms with Gasteiger partial charge in [-0.1, -0.05) is 38.4 Å². The summed E-state index contributed by atoms with van der Waals surface area (Å²) >= 11 is 6.10. The largest absolute Gasteiger partial charge is 0.316 e. The number of aryl methyl sites for hydroxylation is 2. The fraction of sp³-hybridized carbons (Fsp3) is 0.625. The van der Waals surface area contributed by atoms with E-state index in [1.807, 2.05) is 6.07 Å². The minimum absolute atomic E-state index is 0.223. The quantitative estimate of drug-likeness (QED) is 0.713. The summed E-state index contributed by atoms with van der Waals surface area (Å²) in [4.78, 5) is 0. The van der Waals surface area contributed by atoms with Crippen molar-refractivity contribution >= 4 is 11.6 Å². The van der Waals surface area contributed by atoms with Gasteiger partial charge in [0.1, 0.15) is 5.82 Å². The van der Waals surface area contributed by atoms with E-state index < -0.39 is 0 Å². The molecule has 1 aromatic carbocycles. The molecule has 3 heteroatoms. The topological polar surface area (TPSA) is 12.0 Å². The van der Waals surface area contributed by atoms with E-state index in [1.165, 1.54) is 6.07 Å². The Balaban J connectivity index is 2.58. The second-order valence-electron chi connectivity index (χ2n) is 6.03. The first kappa shape index (κ1) is 16.5. The van der Waals surface area contributed by atoms with Gasteiger partial charge in [-0.05, 0) is 55.3 Å². The first-order valence-electron chi connectivity index (χ1n) is 7.01. The van der Waals surface area contributed by atoms with Crippen LogP contribution in [0.2, 0.25) is 5.02 Å². The van der Waals surface area contributed by atoms with Crippen molar-refractivity contribution in [2.75, 3.05) is 13.1 Å². The summed E-state index contributed by atoms with van der Waals surface area (Å²) in [6.45, 7) is 10.5. The molecular weight excluding hydrogens is 261 g/mol. The Morgan fingerprint density at radius 1 is 1.32 bits per heavy atom. The minimum Gasteiger partial charge on any atom is -0.316 e. The van der Waals surface area contributed by atoms with Gasteiger partial charge < -0.3 is 5.32 Å². The van der Waals surface area contributed by atoms with Crippen LogP contribution in [0.15, 0.2) is 12.1 Å². The van der Waals surface area contributed by atoms with Crippen LogP contribution in [0.3, 0.4) is 0 Å². The Labute approximate surface area is 121 Å². The molecule has 1 rings (SSSR count). The number of rotatable bonds is 7. The van der Waals surface area contributed by atoms with Gasteiger partial charge in [0, 0.05) is 11.6 Å². The fourth-order valence-electron chi connectivity index (χ4n) is 2.07. The van der Waals surface area contributed by atoms with Crippen molar-refractivity contribution in [1.29, 1.82) is 0 Å². The van der Waals surface area contributed by atoms with E-state index >= 15 is 0 Å². The smallest absolute Gasteiger partial charge is 0.127 e. The molecule has 0 bridgehead atoms. The molecule has 0 aliphatic rings. The van der Waals surface area contributed by atoms with Crippen LogP contribution in [0.1, 0.15) is 44.7 Å². The lowest BCUT2D eigenvalue weighted by atomic mass is 9.86. The van der Waals surface area contributed by atoms with E-state index in [4.69, 9.17) is 11.6 Å². The van der Waals surface area contributed by atoms with Crippen molar-refractivity contribution in [3.05, 3.63) is 34.1 Å². The van der Waals surface area contributed by atoms with E-state index in [0.717, 1.165) is 37.9 Å². The van der Waals surface area contributed by atoms with Crippen molar-refractivity contribution in [2.24, 2.45) is 5.41 Å². The number of benzene rings is 1. The SMILES string of the molecule is CCCNCC(C)(C)CCc1cc(C)c(F)cc1Cl. The second kappa shape index (κ2) is 7.25. The molecule has 0 aliphatic heterocycles. The monoisotopic (exact) mass is 285 g/mol. The van der Waals surface area contributed by atoms with Crippen LogP contribution >= 0.6 is 11.6 Å². The van der Waals surface area contributed by atoms with Gasteiger partial charge in [0.2, 0.25) is 0 Å². The molecule has 0 spiro atoms.